The summed E-state index contributed by atoms with van der Waals surface area (Å²) >= 11 is 1.22. The number of thioether (sulfide) groups is 1. The highest BCUT2D eigenvalue weighted by atomic mass is 32.2. The highest BCUT2D eigenvalue weighted by Gasteiger charge is 2.08. The number of H-pyrrole nitrogens is 1. The number of pyridine rings is 1. The molecule has 0 aliphatic carbocycles. The molecule has 2 aromatic rings. The first kappa shape index (κ1) is 12.3. The molecule has 6 nitrogen and oxygen atoms in total. The standard InChI is InChI=1S/C11H9N3O3S/c15-8-4-6-14(11(17)13-8)10(16)7-18-9-3-1-2-5-12-9/h1-6H,7H2,(H,13,15,17). The summed E-state index contributed by atoms with van der Waals surface area (Å²) in [5, 5.41) is 0.698. The number of aromatic nitrogens is 3. The van der Waals surface area contributed by atoms with Gasteiger partial charge in [-0.25, -0.2) is 14.3 Å². The molecule has 0 spiro atoms. The molecular formula is C11H9N3O3S. The lowest BCUT2D eigenvalue weighted by atomic mass is 10.5. The molecule has 0 aliphatic heterocycles. The molecule has 0 aromatic carbocycles. The van der Waals surface area contributed by atoms with Crippen LogP contribution in [0.2, 0.25) is 0 Å². The number of rotatable bonds is 3. The van der Waals surface area contributed by atoms with E-state index in [0.717, 1.165) is 10.6 Å². The zero-order valence-corrected chi connectivity index (χ0v) is 10.0. The third-order valence-corrected chi connectivity index (χ3v) is 3.00. The van der Waals surface area contributed by atoms with E-state index in [1.165, 1.54) is 18.0 Å². The van der Waals surface area contributed by atoms with Crippen LogP contribution in [0.1, 0.15) is 4.79 Å². The Bertz CT molecular complexity index is 663. The van der Waals surface area contributed by atoms with Crippen molar-refractivity contribution >= 4 is 17.7 Å². The van der Waals surface area contributed by atoms with Crippen LogP contribution in [0.4, 0.5) is 0 Å². The van der Waals surface area contributed by atoms with Crippen molar-refractivity contribution in [3.8, 4) is 0 Å². The molecule has 0 atom stereocenters. The Balaban J connectivity index is 2.09. The Kier molecular flexibility index (Phi) is 3.73. The van der Waals surface area contributed by atoms with E-state index in [2.05, 4.69) is 4.98 Å². The first-order valence-electron chi connectivity index (χ1n) is 5.06. The smallest absolute Gasteiger partial charge is 0.274 e. The van der Waals surface area contributed by atoms with Crippen molar-refractivity contribution in [1.82, 2.24) is 14.5 Å². The predicted octanol–water partition coefficient (Wildman–Crippen LogP) is 0.364. The summed E-state index contributed by atoms with van der Waals surface area (Å²) in [7, 11) is 0. The van der Waals surface area contributed by atoms with Crippen molar-refractivity contribution in [2.24, 2.45) is 0 Å². The van der Waals surface area contributed by atoms with Crippen LogP contribution in [0.25, 0.3) is 0 Å². The molecule has 0 unspecified atom stereocenters. The van der Waals surface area contributed by atoms with Gasteiger partial charge in [-0.1, -0.05) is 17.8 Å². The Morgan fingerprint density at radius 3 is 2.83 bits per heavy atom. The van der Waals surface area contributed by atoms with Gasteiger partial charge >= 0.3 is 5.69 Å². The quantitative estimate of drug-likeness (QED) is 0.808. The fraction of sp³-hybridized carbons (Fsp3) is 0.0909. The summed E-state index contributed by atoms with van der Waals surface area (Å²) < 4.78 is 0.872. The first-order chi connectivity index (χ1) is 8.66. The van der Waals surface area contributed by atoms with Gasteiger partial charge < -0.3 is 0 Å². The Labute approximate surface area is 106 Å². The minimum absolute atomic E-state index is 0.0724. The van der Waals surface area contributed by atoms with Gasteiger partial charge in [0.2, 0.25) is 5.91 Å². The van der Waals surface area contributed by atoms with Crippen LogP contribution in [-0.4, -0.2) is 26.2 Å². The number of aromatic amines is 1. The van der Waals surface area contributed by atoms with E-state index in [0.29, 0.717) is 5.03 Å². The van der Waals surface area contributed by atoms with E-state index < -0.39 is 17.2 Å². The lowest BCUT2D eigenvalue weighted by Gasteiger charge is -2.02. The molecule has 0 saturated heterocycles. The second kappa shape index (κ2) is 5.46. The van der Waals surface area contributed by atoms with Crippen LogP contribution in [0.3, 0.4) is 0 Å². The molecule has 2 rings (SSSR count). The summed E-state index contributed by atoms with van der Waals surface area (Å²) in [6, 6.07) is 6.49. The maximum Gasteiger partial charge on any atom is 0.335 e. The molecule has 0 amide bonds. The van der Waals surface area contributed by atoms with Crippen molar-refractivity contribution in [2.75, 3.05) is 5.75 Å². The second-order valence-electron chi connectivity index (χ2n) is 3.33. The average molecular weight is 263 g/mol. The van der Waals surface area contributed by atoms with Crippen molar-refractivity contribution in [3.05, 3.63) is 57.5 Å². The zero-order chi connectivity index (χ0) is 13.0. The largest absolute Gasteiger partial charge is 0.335 e. The Hall–Kier alpha value is -2.15. The van der Waals surface area contributed by atoms with Crippen molar-refractivity contribution in [1.29, 1.82) is 0 Å². The second-order valence-corrected chi connectivity index (χ2v) is 4.33. The summed E-state index contributed by atoms with van der Waals surface area (Å²) in [4.78, 5) is 40.0. The van der Waals surface area contributed by atoms with Gasteiger partial charge in [-0.2, -0.15) is 0 Å². The lowest BCUT2D eigenvalue weighted by molar-refractivity contribution is 0.0936. The molecule has 2 heterocycles. The number of nitrogens with zero attached hydrogens (tertiary/aromatic N) is 2. The highest BCUT2D eigenvalue weighted by Crippen LogP contribution is 2.13. The van der Waals surface area contributed by atoms with Crippen LogP contribution < -0.4 is 11.2 Å². The van der Waals surface area contributed by atoms with Crippen LogP contribution in [-0.2, 0) is 0 Å². The number of hydrogen-bond donors (Lipinski definition) is 1. The number of carbonyl (C=O) groups excluding carboxylic acids is 1. The third-order valence-electron chi connectivity index (χ3n) is 2.07. The van der Waals surface area contributed by atoms with Crippen LogP contribution in [0, 0.1) is 0 Å². The van der Waals surface area contributed by atoms with Gasteiger partial charge in [-0.15, -0.1) is 0 Å². The summed E-state index contributed by atoms with van der Waals surface area (Å²) in [6.07, 6.45) is 2.79. The fourth-order valence-electron chi connectivity index (χ4n) is 1.25. The average Bonchev–Trinajstić information content (AvgIpc) is 2.37. The monoisotopic (exact) mass is 263 g/mol. The van der Waals surface area contributed by atoms with E-state index in [9.17, 15) is 14.4 Å². The first-order valence-corrected chi connectivity index (χ1v) is 6.04. The molecule has 92 valence electrons. The summed E-state index contributed by atoms with van der Waals surface area (Å²) in [5.74, 6) is -0.338. The topological polar surface area (TPSA) is 84.8 Å². The molecule has 1 N–H and O–H groups in total. The third kappa shape index (κ3) is 2.95. The van der Waals surface area contributed by atoms with Crippen LogP contribution in [0.5, 0.6) is 0 Å². The van der Waals surface area contributed by atoms with Gasteiger partial charge in [0.1, 0.15) is 0 Å². The molecule has 18 heavy (non-hydrogen) atoms. The van der Waals surface area contributed by atoms with Gasteiger partial charge in [-0.05, 0) is 12.1 Å². The van der Waals surface area contributed by atoms with E-state index >= 15 is 0 Å². The van der Waals surface area contributed by atoms with E-state index in [1.54, 1.807) is 18.3 Å². The zero-order valence-electron chi connectivity index (χ0n) is 9.20. The number of carbonyl (C=O) groups is 1. The Morgan fingerprint density at radius 1 is 1.33 bits per heavy atom. The molecule has 0 aliphatic rings. The molecular weight excluding hydrogens is 254 g/mol. The number of hydrogen-bond acceptors (Lipinski definition) is 5. The van der Waals surface area contributed by atoms with Gasteiger partial charge in [0.05, 0.1) is 10.8 Å². The van der Waals surface area contributed by atoms with Gasteiger partial charge in [-0.3, -0.25) is 14.6 Å². The molecule has 7 heteroatoms. The van der Waals surface area contributed by atoms with Crippen LogP contribution >= 0.6 is 11.8 Å². The lowest BCUT2D eigenvalue weighted by Crippen LogP contribution is -2.33. The highest BCUT2D eigenvalue weighted by molar-refractivity contribution is 7.99. The van der Waals surface area contributed by atoms with Gasteiger partial charge in [0.15, 0.2) is 0 Å². The normalized spacial score (nSPS) is 10.2. The maximum absolute atomic E-state index is 11.7. The van der Waals surface area contributed by atoms with Gasteiger partial charge in [0.25, 0.3) is 5.56 Å². The SMILES string of the molecule is O=C(CSc1ccccn1)n1ccc(=O)[nH]c1=O. The van der Waals surface area contributed by atoms with Crippen molar-refractivity contribution in [3.63, 3.8) is 0 Å². The van der Waals surface area contributed by atoms with Gasteiger partial charge in [0, 0.05) is 18.5 Å². The Morgan fingerprint density at radius 2 is 2.17 bits per heavy atom. The minimum Gasteiger partial charge on any atom is -0.274 e. The maximum atomic E-state index is 11.7. The predicted molar refractivity (Wildman–Crippen MR) is 66.9 cm³/mol. The fourth-order valence-corrected chi connectivity index (χ4v) is 1.97. The molecule has 2 aromatic heterocycles. The molecule has 0 fully saturated rings. The molecule has 0 bridgehead atoms. The van der Waals surface area contributed by atoms with Crippen molar-refractivity contribution < 1.29 is 4.79 Å². The van der Waals surface area contributed by atoms with Crippen LogP contribution in [0.15, 0.2) is 51.3 Å². The minimum atomic E-state index is -0.728. The van der Waals surface area contributed by atoms with E-state index in [4.69, 9.17) is 0 Å². The summed E-state index contributed by atoms with van der Waals surface area (Å²) in [5.41, 5.74) is -1.25. The summed E-state index contributed by atoms with van der Waals surface area (Å²) in [6.45, 7) is 0. The molecule has 0 radical (unpaired) electrons. The van der Waals surface area contributed by atoms with E-state index in [-0.39, 0.29) is 5.75 Å². The molecule has 0 saturated carbocycles. The number of nitrogens with one attached hydrogen (secondary N) is 1. The van der Waals surface area contributed by atoms with Crippen molar-refractivity contribution in [2.45, 2.75) is 5.03 Å². The van der Waals surface area contributed by atoms with E-state index in [1.807, 2.05) is 11.1 Å².